The van der Waals surface area contributed by atoms with Crippen molar-refractivity contribution in [3.05, 3.63) is 44.5 Å². The highest BCUT2D eigenvalue weighted by atomic mass is 31.2. The van der Waals surface area contributed by atoms with E-state index in [1.807, 2.05) is 0 Å². The van der Waals surface area contributed by atoms with Gasteiger partial charge in [-0.05, 0) is 13.8 Å². The minimum Gasteiger partial charge on any atom is -0.341 e. The molecule has 1 aromatic rings. The largest absolute Gasteiger partial charge is 0.475 e. The maximum Gasteiger partial charge on any atom is 0.475 e. The van der Waals surface area contributed by atoms with Gasteiger partial charge in [-0.15, -0.1) is 0 Å². The molecule has 2 saturated heterocycles. The summed E-state index contributed by atoms with van der Waals surface area (Å²) in [5.41, 5.74) is -2.64. The second-order valence-corrected chi connectivity index (χ2v) is 7.88. The minimum atomic E-state index is -3.84. The zero-order valence-electron chi connectivity index (χ0n) is 13.9. The van der Waals surface area contributed by atoms with E-state index in [9.17, 15) is 14.2 Å². The normalized spacial score (nSPS) is 37.6. The maximum absolute atomic E-state index is 12.6. The lowest BCUT2D eigenvalue weighted by Gasteiger charge is -2.32. The molecular weight excluding hydrogens is 353 g/mol. The quantitative estimate of drug-likeness (QED) is 0.624. The lowest BCUT2D eigenvalue weighted by Crippen LogP contribution is -2.47. The molecule has 2 fully saturated rings. The summed E-state index contributed by atoms with van der Waals surface area (Å²) >= 11 is 0. The summed E-state index contributed by atoms with van der Waals surface area (Å²) in [7, 11) is -3.84. The summed E-state index contributed by atoms with van der Waals surface area (Å²) in [5.74, 6) is 0. The van der Waals surface area contributed by atoms with Gasteiger partial charge >= 0.3 is 19.1 Å². The van der Waals surface area contributed by atoms with Gasteiger partial charge in [-0.25, -0.2) is 15.9 Å². The number of nitrogens with one attached hydrogen (secondary N) is 1. The van der Waals surface area contributed by atoms with Gasteiger partial charge in [0.15, 0.2) is 6.10 Å². The molecule has 136 valence electrons. The molecule has 1 unspecified atom stereocenters. The van der Waals surface area contributed by atoms with Gasteiger partial charge in [0.1, 0.15) is 6.10 Å². The first-order valence-corrected chi connectivity index (χ1v) is 9.11. The molecule has 2 aliphatic heterocycles. The van der Waals surface area contributed by atoms with E-state index in [0.29, 0.717) is 0 Å². The number of nitrogens with zero attached hydrogens (tertiary/aromatic N) is 2. The number of aromatic nitrogens is 2. The highest BCUT2D eigenvalue weighted by molar-refractivity contribution is 7.48. The number of phosphoric acid groups is 1. The van der Waals surface area contributed by atoms with Crippen molar-refractivity contribution in [2.45, 2.75) is 50.8 Å². The molecule has 0 radical (unpaired) electrons. The first-order valence-electron chi connectivity index (χ1n) is 7.65. The van der Waals surface area contributed by atoms with E-state index in [-0.39, 0.29) is 6.61 Å². The summed E-state index contributed by atoms with van der Waals surface area (Å²) in [6.07, 6.45) is -1.83. The molecule has 3 heterocycles. The number of aromatic amines is 1. The Morgan fingerprint density at radius 3 is 2.84 bits per heavy atom. The molecule has 0 bridgehead atoms. The summed E-state index contributed by atoms with van der Waals surface area (Å²) in [6, 6.07) is 1.15. The SMILES string of the molecule is [C-]#[N+][C@]1(C)[C@@H]2OP(=O)(OC(C)C)OC[C@H]2O[C@H]1n1ccc(=O)[nH]c1=O. The monoisotopic (exact) mass is 371 g/mol. The maximum atomic E-state index is 12.6. The Hall–Kier alpha value is -1.76. The molecule has 0 aromatic carbocycles. The summed E-state index contributed by atoms with van der Waals surface area (Å²) in [6.45, 7) is 12.4. The van der Waals surface area contributed by atoms with Crippen LogP contribution in [0.2, 0.25) is 0 Å². The molecule has 0 amide bonds. The average Bonchev–Trinajstić information content (AvgIpc) is 2.79. The van der Waals surface area contributed by atoms with Crippen molar-refractivity contribution in [3.63, 3.8) is 0 Å². The topological polar surface area (TPSA) is 113 Å². The van der Waals surface area contributed by atoms with E-state index in [0.717, 1.165) is 10.6 Å². The number of hydrogen-bond acceptors (Lipinski definition) is 7. The third-order valence-corrected chi connectivity index (χ3v) is 5.67. The van der Waals surface area contributed by atoms with Crippen molar-refractivity contribution in [2.24, 2.45) is 0 Å². The smallest absolute Gasteiger partial charge is 0.341 e. The molecule has 0 aliphatic carbocycles. The van der Waals surface area contributed by atoms with Gasteiger partial charge in [0, 0.05) is 19.2 Å². The van der Waals surface area contributed by atoms with Gasteiger partial charge in [0.25, 0.3) is 5.56 Å². The Bertz CT molecular complexity index is 872. The first-order chi connectivity index (χ1) is 11.7. The number of H-pyrrole nitrogens is 1. The van der Waals surface area contributed by atoms with Crippen LogP contribution < -0.4 is 11.2 Å². The van der Waals surface area contributed by atoms with E-state index in [2.05, 4.69) is 9.83 Å². The van der Waals surface area contributed by atoms with E-state index in [1.54, 1.807) is 13.8 Å². The van der Waals surface area contributed by atoms with Gasteiger partial charge < -0.3 is 9.58 Å². The van der Waals surface area contributed by atoms with Crippen molar-refractivity contribution in [1.29, 1.82) is 0 Å². The summed E-state index contributed by atoms with van der Waals surface area (Å²) < 4.78 is 35.4. The van der Waals surface area contributed by atoms with E-state index < -0.39 is 49.2 Å². The van der Waals surface area contributed by atoms with E-state index in [4.69, 9.17) is 24.9 Å². The Morgan fingerprint density at radius 1 is 1.52 bits per heavy atom. The Labute approximate surface area is 143 Å². The molecule has 1 aromatic heterocycles. The van der Waals surface area contributed by atoms with Crippen molar-refractivity contribution in [3.8, 4) is 0 Å². The van der Waals surface area contributed by atoms with Gasteiger partial charge in [-0.1, -0.05) is 0 Å². The van der Waals surface area contributed by atoms with Crippen LogP contribution in [0.3, 0.4) is 0 Å². The van der Waals surface area contributed by atoms with Crippen molar-refractivity contribution < 1.29 is 22.9 Å². The Balaban J connectivity index is 1.98. The second-order valence-electron chi connectivity index (χ2n) is 6.31. The number of phosphoric ester groups is 1. The third kappa shape index (κ3) is 3.10. The number of hydrogen-bond donors (Lipinski definition) is 1. The average molecular weight is 371 g/mol. The van der Waals surface area contributed by atoms with Crippen LogP contribution in [0.15, 0.2) is 21.9 Å². The van der Waals surface area contributed by atoms with Gasteiger partial charge in [-0.3, -0.25) is 27.9 Å². The van der Waals surface area contributed by atoms with Crippen LogP contribution in [-0.2, 0) is 22.9 Å². The van der Waals surface area contributed by atoms with Crippen LogP contribution in [0.4, 0.5) is 0 Å². The van der Waals surface area contributed by atoms with Gasteiger partial charge in [0.2, 0.25) is 6.23 Å². The highest BCUT2D eigenvalue weighted by Crippen LogP contribution is 2.59. The summed E-state index contributed by atoms with van der Waals surface area (Å²) in [4.78, 5) is 29.0. The molecule has 3 rings (SSSR count). The van der Waals surface area contributed by atoms with Crippen LogP contribution in [0, 0.1) is 6.57 Å². The number of rotatable bonds is 3. The predicted molar refractivity (Wildman–Crippen MR) is 84.9 cm³/mol. The van der Waals surface area contributed by atoms with E-state index in [1.165, 1.54) is 13.1 Å². The number of ether oxygens (including phenoxy) is 1. The molecule has 11 heteroatoms. The van der Waals surface area contributed by atoms with Gasteiger partial charge in [0.05, 0.1) is 12.7 Å². The van der Waals surface area contributed by atoms with Crippen molar-refractivity contribution in [2.75, 3.05) is 6.61 Å². The van der Waals surface area contributed by atoms with E-state index >= 15 is 0 Å². The van der Waals surface area contributed by atoms with Crippen LogP contribution in [0.1, 0.15) is 27.0 Å². The Morgan fingerprint density at radius 2 is 2.24 bits per heavy atom. The molecule has 0 saturated carbocycles. The molecule has 1 N–H and O–H groups in total. The van der Waals surface area contributed by atoms with Gasteiger partial charge in [-0.2, -0.15) is 0 Å². The molecule has 2 aliphatic rings. The van der Waals surface area contributed by atoms with Crippen LogP contribution >= 0.6 is 7.82 Å². The lowest BCUT2D eigenvalue weighted by atomic mass is 9.93. The Kier molecular flexibility index (Phi) is 4.47. The highest BCUT2D eigenvalue weighted by Gasteiger charge is 2.66. The van der Waals surface area contributed by atoms with Crippen molar-refractivity contribution in [1.82, 2.24) is 9.55 Å². The molecule has 5 atom stereocenters. The molecular formula is C14H18N3O7P. The first kappa shape index (κ1) is 18.0. The summed E-state index contributed by atoms with van der Waals surface area (Å²) in [5, 5.41) is 0. The molecule has 0 spiro atoms. The van der Waals surface area contributed by atoms with Crippen LogP contribution in [0.5, 0.6) is 0 Å². The zero-order valence-corrected chi connectivity index (χ0v) is 14.8. The lowest BCUT2D eigenvalue weighted by molar-refractivity contribution is -0.0748. The molecule has 10 nitrogen and oxygen atoms in total. The fourth-order valence-electron chi connectivity index (χ4n) is 2.92. The van der Waals surface area contributed by atoms with Crippen LogP contribution in [-0.4, -0.2) is 40.0 Å². The van der Waals surface area contributed by atoms with Crippen LogP contribution in [0.25, 0.3) is 4.85 Å². The third-order valence-electron chi connectivity index (χ3n) is 4.04. The fourth-order valence-corrected chi connectivity index (χ4v) is 4.56. The second kappa shape index (κ2) is 6.20. The standard InChI is InChI=1S/C14H18N3O7P/c1-8(2)23-25(20)21-7-9-11(24-25)14(3,15-4)12(22-9)17-6-5-10(18)16-13(17)19/h5-6,8-9,11-12H,7H2,1-3H3,(H,16,18,19)/t9-,11-,12-,14-,25?/m1/s1. The fraction of sp³-hybridized carbons (Fsp3) is 0.643. The zero-order chi connectivity index (χ0) is 18.4. The molecule has 25 heavy (non-hydrogen) atoms. The minimum absolute atomic E-state index is 0.103. The van der Waals surface area contributed by atoms with Crippen molar-refractivity contribution >= 4 is 7.82 Å². The predicted octanol–water partition coefficient (Wildman–Crippen LogP) is 1.06. The number of fused-ring (bicyclic) bond motifs is 1.